The van der Waals surface area contributed by atoms with Crippen LogP contribution >= 0.6 is 23.2 Å². The minimum absolute atomic E-state index is 0.138. The van der Waals surface area contributed by atoms with E-state index in [9.17, 15) is 9.90 Å². The Morgan fingerprint density at radius 1 is 0.902 bits per heavy atom. The third kappa shape index (κ3) is 7.07. The van der Waals surface area contributed by atoms with Gasteiger partial charge in [0.1, 0.15) is 11.6 Å². The van der Waals surface area contributed by atoms with E-state index in [2.05, 4.69) is 36.4 Å². The lowest BCUT2D eigenvalue weighted by molar-refractivity contribution is 0.0697. The largest absolute Gasteiger partial charge is 0.491 e. The van der Waals surface area contributed by atoms with Crippen LogP contribution in [0.2, 0.25) is 10.0 Å². The summed E-state index contributed by atoms with van der Waals surface area (Å²) in [6, 6.07) is 28.6. The van der Waals surface area contributed by atoms with E-state index in [-0.39, 0.29) is 11.7 Å². The van der Waals surface area contributed by atoms with Crippen molar-refractivity contribution in [1.82, 2.24) is 9.55 Å². The van der Waals surface area contributed by atoms with Gasteiger partial charge < -0.3 is 14.4 Å². The van der Waals surface area contributed by atoms with Crippen LogP contribution in [-0.4, -0.2) is 26.7 Å². The maximum absolute atomic E-state index is 11.3. The molecule has 0 unspecified atom stereocenters. The molecule has 5 nitrogen and oxygen atoms in total. The fourth-order valence-electron chi connectivity index (χ4n) is 4.42. The maximum Gasteiger partial charge on any atom is 0.335 e. The van der Waals surface area contributed by atoms with Gasteiger partial charge in [-0.1, -0.05) is 77.8 Å². The van der Waals surface area contributed by atoms with E-state index in [1.54, 1.807) is 24.3 Å². The number of halogens is 2. The summed E-state index contributed by atoms with van der Waals surface area (Å²) in [5.41, 5.74) is 5.95. The van der Waals surface area contributed by atoms with E-state index in [0.29, 0.717) is 22.3 Å². The van der Waals surface area contributed by atoms with E-state index in [0.717, 1.165) is 39.4 Å². The molecule has 5 rings (SSSR count). The van der Waals surface area contributed by atoms with Crippen molar-refractivity contribution in [2.45, 2.75) is 26.5 Å². The van der Waals surface area contributed by atoms with Gasteiger partial charge in [-0.15, -0.1) is 0 Å². The van der Waals surface area contributed by atoms with Gasteiger partial charge in [0.2, 0.25) is 0 Å². The lowest BCUT2D eigenvalue weighted by atomic mass is 10.0. The minimum atomic E-state index is -0.953. The van der Waals surface area contributed by atoms with Crippen molar-refractivity contribution in [2.75, 3.05) is 0 Å². The van der Waals surface area contributed by atoms with Crippen molar-refractivity contribution in [2.24, 2.45) is 0 Å². The fourth-order valence-corrected chi connectivity index (χ4v) is 4.93. The Bertz CT molecular complexity index is 1690. The Morgan fingerprint density at radius 3 is 2.17 bits per heavy atom. The van der Waals surface area contributed by atoms with Gasteiger partial charge in [0, 0.05) is 23.3 Å². The topological polar surface area (TPSA) is 64.4 Å². The van der Waals surface area contributed by atoms with Gasteiger partial charge in [-0.2, -0.15) is 0 Å². The standard InChI is InChI=1S/C34H28Cl2N2O3/c1-22(2)41-29-15-12-26(13-16-29)25-8-3-23(4-9-25)7-18-33-37-32(30-17-14-28(35)19-31(30)36)21-38(33)20-24-5-10-27(11-6-24)34(39)40/h3-19,21-22H,20H2,1-2H3,(H,39,40)/b18-7+. The number of nitrogens with zero attached hydrogens (tertiary/aromatic N) is 2. The van der Waals surface area contributed by atoms with Crippen LogP contribution < -0.4 is 4.74 Å². The Hall–Kier alpha value is -4.32. The van der Waals surface area contributed by atoms with Crippen molar-refractivity contribution in [3.63, 3.8) is 0 Å². The summed E-state index contributed by atoms with van der Waals surface area (Å²) < 4.78 is 7.76. The monoisotopic (exact) mass is 582 g/mol. The van der Waals surface area contributed by atoms with Crippen LogP contribution in [0.5, 0.6) is 5.75 Å². The van der Waals surface area contributed by atoms with Gasteiger partial charge in [0.25, 0.3) is 0 Å². The smallest absolute Gasteiger partial charge is 0.335 e. The number of carboxylic acids is 1. The first-order valence-electron chi connectivity index (χ1n) is 13.2. The van der Waals surface area contributed by atoms with Crippen LogP contribution in [0.1, 0.15) is 41.2 Å². The highest BCUT2D eigenvalue weighted by Gasteiger charge is 2.12. The van der Waals surface area contributed by atoms with Crippen LogP contribution in [0.3, 0.4) is 0 Å². The van der Waals surface area contributed by atoms with Gasteiger partial charge in [0.15, 0.2) is 0 Å². The number of aromatic nitrogens is 2. The Kier molecular flexibility index (Phi) is 8.58. The van der Waals surface area contributed by atoms with Crippen molar-refractivity contribution in [3.8, 4) is 28.1 Å². The van der Waals surface area contributed by atoms with Crippen LogP contribution in [0.4, 0.5) is 0 Å². The molecule has 4 aromatic carbocycles. The predicted molar refractivity (Wildman–Crippen MR) is 167 cm³/mol. The number of hydrogen-bond donors (Lipinski definition) is 1. The third-order valence-corrected chi connectivity index (χ3v) is 7.01. The fraction of sp³-hybridized carbons (Fsp3) is 0.118. The molecule has 0 bridgehead atoms. The summed E-state index contributed by atoms with van der Waals surface area (Å²) in [5, 5.41) is 10.3. The number of carboxylic acid groups (broad SMARTS) is 1. The molecule has 0 spiro atoms. The second-order valence-electron chi connectivity index (χ2n) is 9.88. The summed E-state index contributed by atoms with van der Waals surface area (Å²) in [5.74, 6) is 0.639. The van der Waals surface area contributed by atoms with Gasteiger partial charge in [-0.3, -0.25) is 0 Å². The summed E-state index contributed by atoms with van der Waals surface area (Å²) in [6.45, 7) is 4.53. The molecule has 1 heterocycles. The number of aromatic carboxylic acids is 1. The Balaban J connectivity index is 1.41. The lowest BCUT2D eigenvalue weighted by Gasteiger charge is -2.10. The van der Waals surface area contributed by atoms with Crippen molar-refractivity contribution in [1.29, 1.82) is 0 Å². The third-order valence-electron chi connectivity index (χ3n) is 6.46. The molecular weight excluding hydrogens is 555 g/mol. The molecule has 0 aliphatic heterocycles. The minimum Gasteiger partial charge on any atom is -0.491 e. The van der Waals surface area contributed by atoms with Gasteiger partial charge >= 0.3 is 5.97 Å². The highest BCUT2D eigenvalue weighted by Crippen LogP contribution is 2.31. The predicted octanol–water partition coefficient (Wildman–Crippen LogP) is 9.23. The van der Waals surface area contributed by atoms with E-state index in [4.69, 9.17) is 32.9 Å². The van der Waals surface area contributed by atoms with Crippen LogP contribution in [0, 0.1) is 0 Å². The lowest BCUT2D eigenvalue weighted by Crippen LogP contribution is -2.05. The zero-order valence-corrected chi connectivity index (χ0v) is 24.1. The van der Waals surface area contributed by atoms with Crippen LogP contribution in [0.15, 0.2) is 97.2 Å². The molecule has 0 amide bonds. The van der Waals surface area contributed by atoms with Gasteiger partial charge in [0.05, 0.1) is 22.4 Å². The molecule has 41 heavy (non-hydrogen) atoms. The van der Waals surface area contributed by atoms with E-state index in [1.165, 1.54) is 0 Å². The second kappa shape index (κ2) is 12.5. The molecule has 0 aliphatic carbocycles. The van der Waals surface area contributed by atoms with Gasteiger partial charge in [-0.05, 0) is 84.6 Å². The summed E-state index contributed by atoms with van der Waals surface area (Å²) >= 11 is 12.6. The molecule has 0 radical (unpaired) electrons. The number of ether oxygens (including phenoxy) is 1. The molecule has 0 fully saturated rings. The van der Waals surface area contributed by atoms with Crippen molar-refractivity contribution >= 4 is 41.3 Å². The first-order chi connectivity index (χ1) is 19.7. The summed E-state index contributed by atoms with van der Waals surface area (Å²) in [7, 11) is 0. The molecule has 0 saturated heterocycles. The molecule has 0 saturated carbocycles. The number of hydrogen-bond acceptors (Lipinski definition) is 3. The Labute approximate surface area is 249 Å². The number of imidazole rings is 1. The maximum atomic E-state index is 11.3. The normalized spacial score (nSPS) is 11.3. The number of benzene rings is 4. The number of carbonyl (C=O) groups is 1. The molecular formula is C34H28Cl2N2O3. The highest BCUT2D eigenvalue weighted by atomic mass is 35.5. The molecule has 1 aromatic heterocycles. The number of rotatable bonds is 9. The van der Waals surface area contributed by atoms with Crippen LogP contribution in [-0.2, 0) is 6.54 Å². The average molecular weight is 584 g/mol. The van der Waals surface area contributed by atoms with Crippen molar-refractivity contribution in [3.05, 3.63) is 130 Å². The first kappa shape index (κ1) is 28.2. The molecule has 7 heteroatoms. The van der Waals surface area contributed by atoms with E-state index < -0.39 is 5.97 Å². The summed E-state index contributed by atoms with van der Waals surface area (Å²) in [6.07, 6.45) is 6.06. The summed E-state index contributed by atoms with van der Waals surface area (Å²) in [4.78, 5) is 16.1. The van der Waals surface area contributed by atoms with E-state index >= 15 is 0 Å². The molecule has 5 aromatic rings. The first-order valence-corrected chi connectivity index (χ1v) is 13.9. The van der Waals surface area contributed by atoms with Gasteiger partial charge in [-0.25, -0.2) is 9.78 Å². The van der Waals surface area contributed by atoms with Crippen LogP contribution in [0.25, 0.3) is 34.5 Å². The molecule has 0 aliphatic rings. The quantitative estimate of drug-likeness (QED) is 0.188. The molecule has 1 N–H and O–H groups in total. The SMILES string of the molecule is CC(C)Oc1ccc(-c2ccc(/C=C/c3nc(-c4ccc(Cl)cc4Cl)cn3Cc3ccc(C(=O)O)cc3)cc2)cc1. The second-order valence-corrected chi connectivity index (χ2v) is 10.7. The zero-order chi connectivity index (χ0) is 28.9. The Morgan fingerprint density at radius 2 is 1.56 bits per heavy atom. The average Bonchev–Trinajstić information content (AvgIpc) is 3.34. The molecule has 0 atom stereocenters. The highest BCUT2D eigenvalue weighted by molar-refractivity contribution is 6.36. The van der Waals surface area contributed by atoms with Crippen molar-refractivity contribution < 1.29 is 14.6 Å². The zero-order valence-electron chi connectivity index (χ0n) is 22.6. The van der Waals surface area contributed by atoms with E-state index in [1.807, 2.05) is 67.1 Å². The molecule has 206 valence electrons.